The molecule has 0 radical (unpaired) electrons. The van der Waals surface area contributed by atoms with Gasteiger partial charge in [0, 0.05) is 12.6 Å². The predicted molar refractivity (Wildman–Crippen MR) is 109 cm³/mol. The van der Waals surface area contributed by atoms with E-state index in [1.54, 1.807) is 6.21 Å². The van der Waals surface area contributed by atoms with Crippen LogP contribution in [0.1, 0.15) is 30.9 Å². The van der Waals surface area contributed by atoms with Gasteiger partial charge in [0.15, 0.2) is 5.17 Å². The van der Waals surface area contributed by atoms with E-state index in [0.717, 1.165) is 36.5 Å². The van der Waals surface area contributed by atoms with Crippen LogP contribution >= 0.6 is 11.8 Å². The van der Waals surface area contributed by atoms with Crippen LogP contribution in [0.5, 0.6) is 0 Å². The Bertz CT molecular complexity index is 757. The molecular weight excluding hydrogens is 364 g/mol. The summed E-state index contributed by atoms with van der Waals surface area (Å²) in [6.07, 6.45) is 5.14. The fourth-order valence-corrected chi connectivity index (χ4v) is 3.06. The summed E-state index contributed by atoms with van der Waals surface area (Å²) in [5, 5.41) is 10.8. The van der Waals surface area contributed by atoms with E-state index in [4.69, 9.17) is 0 Å². The molecule has 144 valence electrons. The van der Waals surface area contributed by atoms with Crippen molar-refractivity contribution in [3.8, 4) is 0 Å². The van der Waals surface area contributed by atoms with Crippen LogP contribution < -0.4 is 5.32 Å². The number of carbonyl (C=O) groups is 2. The van der Waals surface area contributed by atoms with E-state index < -0.39 is 11.9 Å². The molecule has 7 nitrogen and oxygen atoms in total. The number of unbranched alkanes of at least 4 members (excludes halogenated alkanes) is 1. The molecule has 1 amide bonds. The van der Waals surface area contributed by atoms with Crippen molar-refractivity contribution in [3.05, 3.63) is 46.4 Å². The summed E-state index contributed by atoms with van der Waals surface area (Å²) in [6, 6.07) is 8.10. The van der Waals surface area contributed by atoms with Gasteiger partial charge < -0.3 is 9.64 Å². The molecule has 0 aromatic heterocycles. The molecule has 1 aliphatic rings. The van der Waals surface area contributed by atoms with Crippen LogP contribution in [0.4, 0.5) is 0 Å². The van der Waals surface area contributed by atoms with Crippen LogP contribution in [-0.2, 0) is 20.9 Å². The highest BCUT2D eigenvalue weighted by Gasteiger charge is 2.24. The van der Waals surface area contributed by atoms with E-state index in [2.05, 4.69) is 51.3 Å². The van der Waals surface area contributed by atoms with Gasteiger partial charge in [0.05, 0.1) is 18.2 Å². The van der Waals surface area contributed by atoms with Crippen molar-refractivity contribution in [2.24, 2.45) is 10.2 Å². The predicted octanol–water partition coefficient (Wildman–Crippen LogP) is 2.53. The van der Waals surface area contributed by atoms with E-state index in [0.29, 0.717) is 5.17 Å². The smallest absolute Gasteiger partial charge is 0.331 e. The molecule has 0 bridgehead atoms. The van der Waals surface area contributed by atoms with Crippen molar-refractivity contribution in [1.82, 2.24) is 10.2 Å². The highest BCUT2D eigenvalue weighted by molar-refractivity contribution is 8.18. The molecule has 2 rings (SSSR count). The molecule has 1 aromatic carbocycles. The average Bonchev–Trinajstić information content (AvgIpc) is 3.00. The van der Waals surface area contributed by atoms with Crippen molar-refractivity contribution >= 4 is 35.0 Å². The summed E-state index contributed by atoms with van der Waals surface area (Å²) >= 11 is 1.04. The van der Waals surface area contributed by atoms with Gasteiger partial charge in [-0.25, -0.2) is 4.79 Å². The quantitative estimate of drug-likeness (QED) is 0.320. The maximum absolute atomic E-state index is 11.7. The monoisotopic (exact) mass is 388 g/mol. The van der Waals surface area contributed by atoms with Crippen LogP contribution in [0.2, 0.25) is 0 Å². The summed E-state index contributed by atoms with van der Waals surface area (Å²) in [4.78, 5) is 25.4. The van der Waals surface area contributed by atoms with E-state index in [-0.39, 0.29) is 4.91 Å². The van der Waals surface area contributed by atoms with Gasteiger partial charge >= 0.3 is 5.97 Å². The van der Waals surface area contributed by atoms with Crippen molar-refractivity contribution < 1.29 is 14.3 Å². The number of carbonyl (C=O) groups excluding carboxylic acids is 2. The Balaban J connectivity index is 1.91. The zero-order valence-corrected chi connectivity index (χ0v) is 16.6. The molecule has 0 saturated carbocycles. The van der Waals surface area contributed by atoms with Gasteiger partial charge in [-0.05, 0) is 42.9 Å². The summed E-state index contributed by atoms with van der Waals surface area (Å²) in [5.41, 5.74) is 2.16. The Morgan fingerprint density at radius 2 is 2.07 bits per heavy atom. The molecule has 1 aliphatic heterocycles. The molecule has 1 fully saturated rings. The minimum atomic E-state index is -0.585. The number of benzene rings is 1. The SMILES string of the molecule is CCCCN(C)Cc1ccc(C=N/N=C2/NC(=O)/C(=C\C(=O)OC)S2)cc1. The third kappa shape index (κ3) is 6.99. The van der Waals surface area contributed by atoms with Crippen molar-refractivity contribution in [1.29, 1.82) is 0 Å². The Morgan fingerprint density at radius 3 is 2.74 bits per heavy atom. The molecule has 8 heteroatoms. The number of amides is 1. The molecule has 0 spiro atoms. The molecule has 1 heterocycles. The first kappa shape index (κ1) is 20.9. The van der Waals surface area contributed by atoms with E-state index in [1.807, 2.05) is 12.1 Å². The first-order chi connectivity index (χ1) is 13.0. The van der Waals surface area contributed by atoms with Gasteiger partial charge in [-0.2, -0.15) is 5.10 Å². The number of ether oxygens (including phenoxy) is 1. The zero-order chi connectivity index (χ0) is 19.6. The lowest BCUT2D eigenvalue weighted by atomic mass is 10.1. The zero-order valence-electron chi connectivity index (χ0n) is 15.8. The Kier molecular flexibility index (Phi) is 8.22. The Labute approximate surface area is 163 Å². The summed E-state index contributed by atoms with van der Waals surface area (Å²) in [6.45, 7) is 4.20. The minimum absolute atomic E-state index is 0.229. The number of esters is 1. The number of hydrogen-bond donors (Lipinski definition) is 1. The molecule has 0 unspecified atom stereocenters. The molecule has 27 heavy (non-hydrogen) atoms. The normalized spacial score (nSPS) is 17.3. The van der Waals surface area contributed by atoms with Gasteiger partial charge in [0.1, 0.15) is 0 Å². The highest BCUT2D eigenvalue weighted by atomic mass is 32.2. The van der Waals surface area contributed by atoms with Gasteiger partial charge in [-0.15, -0.1) is 5.10 Å². The lowest BCUT2D eigenvalue weighted by Crippen LogP contribution is -2.19. The molecule has 1 aromatic rings. The lowest BCUT2D eigenvalue weighted by molar-refractivity contribution is -0.135. The van der Waals surface area contributed by atoms with Crippen molar-refractivity contribution in [2.45, 2.75) is 26.3 Å². The van der Waals surface area contributed by atoms with Crippen LogP contribution in [-0.4, -0.2) is 48.9 Å². The van der Waals surface area contributed by atoms with Crippen molar-refractivity contribution in [2.75, 3.05) is 20.7 Å². The molecular formula is C19H24N4O3S. The largest absolute Gasteiger partial charge is 0.466 e. The highest BCUT2D eigenvalue weighted by Crippen LogP contribution is 2.23. The van der Waals surface area contributed by atoms with E-state index >= 15 is 0 Å². The number of nitrogens with one attached hydrogen (secondary N) is 1. The van der Waals surface area contributed by atoms with Crippen LogP contribution in [0.15, 0.2) is 45.4 Å². The minimum Gasteiger partial charge on any atom is -0.466 e. The van der Waals surface area contributed by atoms with Crippen LogP contribution in [0.3, 0.4) is 0 Å². The molecule has 0 aliphatic carbocycles. The van der Waals surface area contributed by atoms with Gasteiger partial charge in [0.2, 0.25) is 0 Å². The number of methoxy groups -OCH3 is 1. The van der Waals surface area contributed by atoms with Crippen LogP contribution in [0.25, 0.3) is 0 Å². The molecule has 1 saturated heterocycles. The second-order valence-electron chi connectivity index (χ2n) is 6.07. The number of amidine groups is 1. The first-order valence-electron chi connectivity index (χ1n) is 8.69. The standard InChI is InChI=1S/C19H24N4O3S/c1-4-5-10-23(2)13-15-8-6-14(7-9-15)12-20-22-19-21-18(25)16(27-19)11-17(24)26-3/h6-9,11-12H,4-5,10,13H2,1-3H3,(H,21,22,25)/b16-11+,20-12?. The lowest BCUT2D eigenvalue weighted by Gasteiger charge is -2.16. The molecule has 0 atom stereocenters. The van der Waals surface area contributed by atoms with E-state index in [9.17, 15) is 9.59 Å². The van der Waals surface area contributed by atoms with Crippen molar-refractivity contribution in [3.63, 3.8) is 0 Å². The summed E-state index contributed by atoms with van der Waals surface area (Å²) in [5.74, 6) is -0.978. The van der Waals surface area contributed by atoms with Gasteiger partial charge in [-0.3, -0.25) is 10.1 Å². The number of hydrogen-bond acceptors (Lipinski definition) is 7. The van der Waals surface area contributed by atoms with Crippen LogP contribution in [0, 0.1) is 0 Å². The maximum Gasteiger partial charge on any atom is 0.331 e. The number of thioether (sulfide) groups is 1. The maximum atomic E-state index is 11.7. The number of nitrogens with zero attached hydrogens (tertiary/aromatic N) is 3. The fraction of sp³-hybridized carbons (Fsp3) is 0.368. The topological polar surface area (TPSA) is 83.4 Å². The summed E-state index contributed by atoms with van der Waals surface area (Å²) < 4.78 is 4.51. The second-order valence-corrected chi connectivity index (χ2v) is 7.10. The Hall–Kier alpha value is -2.45. The average molecular weight is 388 g/mol. The third-order valence-corrected chi connectivity index (χ3v) is 4.68. The van der Waals surface area contributed by atoms with Gasteiger partial charge in [-0.1, -0.05) is 37.6 Å². The number of rotatable bonds is 8. The fourth-order valence-electron chi connectivity index (χ4n) is 2.32. The Morgan fingerprint density at radius 1 is 1.33 bits per heavy atom. The first-order valence-corrected chi connectivity index (χ1v) is 9.50. The van der Waals surface area contributed by atoms with E-state index in [1.165, 1.54) is 25.5 Å². The summed E-state index contributed by atoms with van der Waals surface area (Å²) in [7, 11) is 3.38. The van der Waals surface area contributed by atoms with Gasteiger partial charge in [0.25, 0.3) is 5.91 Å². The third-order valence-electron chi connectivity index (χ3n) is 3.78. The molecule has 1 N–H and O–H groups in total. The second kappa shape index (κ2) is 10.6.